The lowest BCUT2D eigenvalue weighted by Gasteiger charge is -2.34. The Hall–Kier alpha value is -7.00. The molecule has 0 amide bonds. The smallest absolute Gasteiger partial charge is 0.179 e. The summed E-state index contributed by atoms with van der Waals surface area (Å²) in [5.74, 6) is 0. The van der Waals surface area contributed by atoms with Gasteiger partial charge in [0.05, 0.1) is 16.7 Å². The van der Waals surface area contributed by atoms with Gasteiger partial charge in [-0.05, 0) is 66.6 Å². The van der Waals surface area contributed by atoms with Crippen LogP contribution in [-0.2, 0) is 0 Å². The molecule has 0 bridgehead atoms. The highest BCUT2D eigenvalue weighted by atomic mass is 28.3. The molecule has 1 heterocycles. The molecule has 0 atom stereocenters. The highest BCUT2D eigenvalue weighted by molar-refractivity contribution is 7.19. The molecule has 0 unspecified atom stereocenters. The van der Waals surface area contributed by atoms with E-state index in [-0.39, 0.29) is 0 Å². The van der Waals surface area contributed by atoms with E-state index in [0.29, 0.717) is 0 Å². The summed E-state index contributed by atoms with van der Waals surface area (Å²) in [6, 6.07) is 82.4. The van der Waals surface area contributed by atoms with Crippen molar-refractivity contribution in [2.45, 2.75) is 0 Å². The number of hydrogen-bond acceptors (Lipinski definition) is 0. The number of benzene rings is 9. The predicted molar refractivity (Wildman–Crippen MR) is 243 cm³/mol. The normalized spacial score (nSPS) is 11.9. The first-order valence-corrected chi connectivity index (χ1v) is 21.3. The van der Waals surface area contributed by atoms with E-state index in [9.17, 15) is 0 Å². The van der Waals surface area contributed by atoms with E-state index < -0.39 is 8.07 Å². The quantitative estimate of drug-likeness (QED) is 0.0834. The van der Waals surface area contributed by atoms with Crippen LogP contribution in [0.1, 0.15) is 11.1 Å². The molecule has 56 heavy (non-hydrogen) atoms. The monoisotopic (exact) mass is 729 g/mol. The third-order valence-electron chi connectivity index (χ3n) is 11.4. The second-order valence-electron chi connectivity index (χ2n) is 14.5. The summed E-state index contributed by atoms with van der Waals surface area (Å²) in [6.07, 6.45) is 4.45. The standard InChI is InChI=1S/C54H39NSi/c1-4-16-43(17-5-1)56(44-18-6-2-7-19-44,45-20-8-3-9-21-45)46-36-32-41(33-37-46)29-28-40-30-34-42(35-31-40)47-38-39-54(49-23-11-10-22-48(47)49)55-52-26-14-12-24-50(52)51-25-13-15-27-53(51)55/h1-39H. The number of nitrogens with zero attached hydrogens (tertiary/aromatic N) is 1. The van der Waals surface area contributed by atoms with Crippen LogP contribution in [0.2, 0.25) is 0 Å². The van der Waals surface area contributed by atoms with Crippen LogP contribution >= 0.6 is 0 Å². The molecule has 9 aromatic carbocycles. The highest BCUT2D eigenvalue weighted by Crippen LogP contribution is 2.37. The fourth-order valence-corrected chi connectivity index (χ4v) is 13.5. The SMILES string of the molecule is C(=Cc1ccc([Si](c2ccccc2)(c2ccccc2)c2ccccc2)cc1)c1ccc(-c2ccc(-n3c4ccccc4c4ccccc43)c3ccccc23)cc1. The van der Waals surface area contributed by atoms with Crippen molar-refractivity contribution in [2.24, 2.45) is 0 Å². The minimum Gasteiger partial charge on any atom is -0.309 e. The second kappa shape index (κ2) is 14.3. The second-order valence-corrected chi connectivity index (χ2v) is 18.3. The van der Waals surface area contributed by atoms with Crippen molar-refractivity contribution >= 4 is 73.6 Å². The molecule has 0 spiro atoms. The average Bonchev–Trinajstić information content (AvgIpc) is 3.61. The highest BCUT2D eigenvalue weighted by Gasteiger charge is 2.41. The summed E-state index contributed by atoms with van der Waals surface area (Å²) in [5.41, 5.74) is 8.44. The lowest BCUT2D eigenvalue weighted by molar-refractivity contribution is 1.20. The molecule has 2 heteroatoms. The first-order valence-electron chi connectivity index (χ1n) is 19.3. The van der Waals surface area contributed by atoms with Crippen molar-refractivity contribution < 1.29 is 0 Å². The molecule has 0 aliphatic carbocycles. The van der Waals surface area contributed by atoms with Gasteiger partial charge in [0.2, 0.25) is 0 Å². The molecule has 0 aliphatic heterocycles. The number of hydrogen-bond donors (Lipinski definition) is 0. The van der Waals surface area contributed by atoms with Crippen LogP contribution in [0, 0.1) is 0 Å². The van der Waals surface area contributed by atoms with Gasteiger partial charge in [-0.1, -0.05) is 218 Å². The average molecular weight is 730 g/mol. The van der Waals surface area contributed by atoms with Crippen LogP contribution in [0.25, 0.3) is 61.5 Å². The van der Waals surface area contributed by atoms with E-state index in [2.05, 4.69) is 241 Å². The van der Waals surface area contributed by atoms with Crippen LogP contribution in [0.5, 0.6) is 0 Å². The van der Waals surface area contributed by atoms with Crippen molar-refractivity contribution in [3.05, 3.63) is 236 Å². The Morgan fingerprint density at radius 1 is 0.304 bits per heavy atom. The lowest BCUT2D eigenvalue weighted by atomic mass is 9.96. The third-order valence-corrected chi connectivity index (χ3v) is 16.2. The molecular weight excluding hydrogens is 691 g/mol. The van der Waals surface area contributed by atoms with Crippen LogP contribution in [0.3, 0.4) is 0 Å². The van der Waals surface area contributed by atoms with Gasteiger partial charge in [-0.15, -0.1) is 0 Å². The maximum atomic E-state index is 2.42. The fraction of sp³-hybridized carbons (Fsp3) is 0. The van der Waals surface area contributed by atoms with Gasteiger partial charge in [0, 0.05) is 16.2 Å². The number of fused-ring (bicyclic) bond motifs is 4. The topological polar surface area (TPSA) is 4.93 Å². The largest absolute Gasteiger partial charge is 0.309 e. The van der Waals surface area contributed by atoms with E-state index in [1.807, 2.05) is 0 Å². The molecule has 0 fully saturated rings. The van der Waals surface area contributed by atoms with Gasteiger partial charge in [-0.25, -0.2) is 0 Å². The zero-order chi connectivity index (χ0) is 37.3. The Morgan fingerprint density at radius 2 is 0.696 bits per heavy atom. The summed E-state index contributed by atoms with van der Waals surface area (Å²) in [7, 11) is -2.54. The van der Waals surface area contributed by atoms with Crippen molar-refractivity contribution in [3.63, 3.8) is 0 Å². The Labute approximate surface area is 329 Å². The van der Waals surface area contributed by atoms with Gasteiger partial charge < -0.3 is 4.57 Å². The maximum Gasteiger partial charge on any atom is 0.179 e. The number of aromatic nitrogens is 1. The summed E-state index contributed by atoms with van der Waals surface area (Å²) < 4.78 is 2.42. The van der Waals surface area contributed by atoms with Gasteiger partial charge in [0.1, 0.15) is 0 Å². The van der Waals surface area contributed by atoms with Gasteiger partial charge >= 0.3 is 0 Å². The molecule has 10 rings (SSSR count). The summed E-state index contributed by atoms with van der Waals surface area (Å²) in [4.78, 5) is 0. The minimum atomic E-state index is -2.54. The van der Waals surface area contributed by atoms with Crippen LogP contribution in [0.15, 0.2) is 224 Å². The molecule has 10 aromatic rings. The molecule has 0 aliphatic rings. The fourth-order valence-electron chi connectivity index (χ4n) is 8.79. The van der Waals surface area contributed by atoms with Crippen molar-refractivity contribution in [1.29, 1.82) is 0 Å². The molecule has 0 saturated heterocycles. The van der Waals surface area contributed by atoms with E-state index in [0.717, 1.165) is 0 Å². The van der Waals surface area contributed by atoms with Crippen molar-refractivity contribution in [2.75, 3.05) is 0 Å². The molecule has 0 saturated carbocycles. The first kappa shape index (κ1) is 33.6. The molecule has 0 radical (unpaired) electrons. The third kappa shape index (κ3) is 5.71. The lowest BCUT2D eigenvalue weighted by Crippen LogP contribution is -2.74. The Kier molecular flexibility index (Phi) is 8.59. The van der Waals surface area contributed by atoms with Gasteiger partial charge in [-0.3, -0.25) is 0 Å². The van der Waals surface area contributed by atoms with Crippen LogP contribution in [0.4, 0.5) is 0 Å². The van der Waals surface area contributed by atoms with Crippen LogP contribution < -0.4 is 20.7 Å². The van der Waals surface area contributed by atoms with E-state index >= 15 is 0 Å². The summed E-state index contributed by atoms with van der Waals surface area (Å²) >= 11 is 0. The minimum absolute atomic E-state index is 1.17. The zero-order valence-corrected chi connectivity index (χ0v) is 32.0. The van der Waals surface area contributed by atoms with Crippen molar-refractivity contribution in [3.8, 4) is 16.8 Å². The zero-order valence-electron chi connectivity index (χ0n) is 31.0. The Morgan fingerprint density at radius 3 is 1.20 bits per heavy atom. The Balaban J connectivity index is 0.974. The molecule has 1 nitrogen and oxygen atoms in total. The number of para-hydroxylation sites is 2. The molecule has 1 aromatic heterocycles. The van der Waals surface area contributed by atoms with Gasteiger partial charge in [0.15, 0.2) is 8.07 Å². The molecular formula is C54H39NSi. The maximum absolute atomic E-state index is 2.54. The van der Waals surface area contributed by atoms with Crippen LogP contribution in [-0.4, -0.2) is 12.6 Å². The van der Waals surface area contributed by atoms with E-state index in [1.54, 1.807) is 0 Å². The summed E-state index contributed by atoms with van der Waals surface area (Å²) in [5, 5.41) is 10.6. The van der Waals surface area contributed by atoms with Crippen molar-refractivity contribution in [1.82, 2.24) is 4.57 Å². The van der Waals surface area contributed by atoms with Gasteiger partial charge in [0.25, 0.3) is 0 Å². The summed E-state index contributed by atoms with van der Waals surface area (Å²) in [6.45, 7) is 0. The predicted octanol–water partition coefficient (Wildman–Crippen LogP) is 11.2. The Bertz CT molecular complexity index is 2830. The molecule has 0 N–H and O–H groups in total. The van der Waals surface area contributed by atoms with E-state index in [4.69, 9.17) is 0 Å². The number of rotatable bonds is 8. The van der Waals surface area contributed by atoms with Gasteiger partial charge in [-0.2, -0.15) is 0 Å². The van der Waals surface area contributed by atoms with E-state index in [1.165, 1.54) is 81.3 Å². The molecule has 264 valence electrons. The first-order chi connectivity index (χ1) is 27.8.